The first kappa shape index (κ1) is 14.5. The van der Waals surface area contributed by atoms with E-state index in [-0.39, 0.29) is 23.0 Å². The topological polar surface area (TPSA) is 68.3 Å². The highest BCUT2D eigenvalue weighted by molar-refractivity contribution is 7.90. The lowest BCUT2D eigenvalue weighted by Crippen LogP contribution is -2.13. The lowest BCUT2D eigenvalue weighted by atomic mass is 10.2. The number of fused-ring (bicyclic) bond motifs is 2. The molecule has 0 aromatic heterocycles. The van der Waals surface area contributed by atoms with Crippen LogP contribution in [0.25, 0.3) is 0 Å². The Labute approximate surface area is 114 Å². The smallest absolute Gasteiger partial charge is 0.154 e. The third kappa shape index (κ3) is 4.62. The van der Waals surface area contributed by atoms with Gasteiger partial charge in [0.2, 0.25) is 0 Å². The van der Waals surface area contributed by atoms with Gasteiger partial charge in [0.1, 0.15) is 0 Å². The first-order chi connectivity index (χ1) is 8.86. The molecule has 0 fully saturated rings. The van der Waals surface area contributed by atoms with Crippen LogP contribution in [0.4, 0.5) is 0 Å². The Kier molecular flexibility index (Phi) is 4.30. The maximum Gasteiger partial charge on any atom is 0.154 e. The Hall–Kier alpha value is -0.880. The van der Waals surface area contributed by atoms with Crippen molar-refractivity contribution < 1.29 is 16.8 Å². The molecule has 0 aliphatic carbocycles. The van der Waals surface area contributed by atoms with E-state index in [2.05, 4.69) is 0 Å². The van der Waals surface area contributed by atoms with Crippen molar-refractivity contribution in [3.8, 4) is 0 Å². The van der Waals surface area contributed by atoms with Crippen LogP contribution < -0.4 is 0 Å². The molecular weight excluding hydrogens is 284 g/mol. The van der Waals surface area contributed by atoms with E-state index in [0.29, 0.717) is 30.4 Å². The van der Waals surface area contributed by atoms with Gasteiger partial charge in [-0.25, -0.2) is 16.8 Å². The van der Waals surface area contributed by atoms with Gasteiger partial charge in [0, 0.05) is 0 Å². The van der Waals surface area contributed by atoms with Gasteiger partial charge in [0.15, 0.2) is 19.7 Å². The quantitative estimate of drug-likeness (QED) is 0.731. The maximum atomic E-state index is 11.9. The van der Waals surface area contributed by atoms with Crippen LogP contribution in [0.3, 0.4) is 0 Å². The molecule has 1 aliphatic rings. The molecule has 1 aliphatic heterocycles. The fourth-order valence-corrected chi connectivity index (χ4v) is 5.23. The van der Waals surface area contributed by atoms with Crippen molar-refractivity contribution in [1.82, 2.24) is 0 Å². The van der Waals surface area contributed by atoms with Gasteiger partial charge in [-0.15, -0.1) is 0 Å². The second-order valence-corrected chi connectivity index (χ2v) is 9.43. The lowest BCUT2D eigenvalue weighted by molar-refractivity contribution is 0.585. The van der Waals surface area contributed by atoms with Gasteiger partial charge in [-0.1, -0.05) is 30.7 Å². The van der Waals surface area contributed by atoms with Gasteiger partial charge < -0.3 is 0 Å². The van der Waals surface area contributed by atoms with E-state index in [1.54, 1.807) is 24.3 Å². The lowest BCUT2D eigenvalue weighted by Gasteiger charge is -2.10. The Morgan fingerprint density at radius 3 is 1.68 bits per heavy atom. The zero-order valence-corrected chi connectivity index (χ0v) is 12.3. The molecule has 19 heavy (non-hydrogen) atoms. The SMILES string of the molecule is O=S1(=O)CCCCCS(=O)(=O)Cc2cccc(c2)C1. The molecule has 2 rings (SSSR count). The molecule has 0 radical (unpaired) electrons. The van der Waals surface area contributed by atoms with E-state index >= 15 is 0 Å². The summed E-state index contributed by atoms with van der Waals surface area (Å²) in [4.78, 5) is 0. The number of hydrogen-bond donors (Lipinski definition) is 0. The first-order valence-corrected chi connectivity index (χ1v) is 9.99. The molecule has 0 N–H and O–H groups in total. The molecule has 0 atom stereocenters. The van der Waals surface area contributed by atoms with Gasteiger partial charge >= 0.3 is 0 Å². The van der Waals surface area contributed by atoms with E-state index < -0.39 is 19.7 Å². The summed E-state index contributed by atoms with van der Waals surface area (Å²) in [6.45, 7) is 0. The van der Waals surface area contributed by atoms with Crippen molar-refractivity contribution in [1.29, 1.82) is 0 Å². The van der Waals surface area contributed by atoms with Crippen molar-refractivity contribution >= 4 is 19.7 Å². The van der Waals surface area contributed by atoms with Crippen LogP contribution in [0.1, 0.15) is 30.4 Å². The van der Waals surface area contributed by atoms with Crippen LogP contribution in [0, 0.1) is 0 Å². The summed E-state index contributed by atoms with van der Waals surface area (Å²) in [6, 6.07) is 6.89. The molecule has 4 nitrogen and oxygen atoms in total. The van der Waals surface area contributed by atoms with Gasteiger partial charge in [-0.3, -0.25) is 0 Å². The first-order valence-electron chi connectivity index (χ1n) is 6.35. The zero-order chi connectivity index (χ0) is 13.9. The Balaban J connectivity index is 2.34. The molecule has 1 aromatic rings. The summed E-state index contributed by atoms with van der Waals surface area (Å²) < 4.78 is 47.6. The minimum absolute atomic E-state index is 0.000881. The summed E-state index contributed by atoms with van der Waals surface area (Å²) in [7, 11) is -6.17. The zero-order valence-electron chi connectivity index (χ0n) is 10.7. The summed E-state index contributed by atoms with van der Waals surface area (Å²) >= 11 is 0. The van der Waals surface area contributed by atoms with Crippen LogP contribution >= 0.6 is 0 Å². The Bertz CT molecular complexity index is 592. The number of rotatable bonds is 0. The number of hydrogen-bond acceptors (Lipinski definition) is 4. The Morgan fingerprint density at radius 1 is 0.737 bits per heavy atom. The van der Waals surface area contributed by atoms with Crippen molar-refractivity contribution in [3.63, 3.8) is 0 Å². The largest absolute Gasteiger partial charge is 0.228 e. The highest BCUT2D eigenvalue weighted by Gasteiger charge is 2.16. The molecule has 0 saturated heterocycles. The van der Waals surface area contributed by atoms with Crippen LogP contribution in [0.2, 0.25) is 0 Å². The molecular formula is C13H18O4S2. The van der Waals surface area contributed by atoms with Crippen molar-refractivity contribution in [2.75, 3.05) is 11.5 Å². The average Bonchev–Trinajstić information content (AvgIpc) is 2.26. The van der Waals surface area contributed by atoms with E-state index in [1.165, 1.54) is 0 Å². The molecule has 2 bridgehead atoms. The second kappa shape index (κ2) is 5.63. The second-order valence-electron chi connectivity index (χ2n) is 5.06. The average molecular weight is 302 g/mol. The summed E-state index contributed by atoms with van der Waals surface area (Å²) in [6.07, 6.45) is 1.72. The summed E-state index contributed by atoms with van der Waals surface area (Å²) in [5.41, 5.74) is 1.35. The van der Waals surface area contributed by atoms with Crippen LogP contribution in [-0.2, 0) is 31.2 Å². The molecule has 0 amide bonds. The summed E-state index contributed by atoms with van der Waals surface area (Å²) in [5, 5.41) is 0. The van der Waals surface area contributed by atoms with E-state index in [0.717, 1.165) is 0 Å². The predicted octanol–water partition coefficient (Wildman–Crippen LogP) is 1.70. The monoisotopic (exact) mass is 302 g/mol. The summed E-state index contributed by atoms with van der Waals surface area (Å²) in [5.74, 6) is 0.274. The molecule has 0 saturated carbocycles. The number of sulfone groups is 2. The van der Waals surface area contributed by atoms with Crippen LogP contribution in [-0.4, -0.2) is 28.3 Å². The normalized spacial score (nSPS) is 22.9. The molecule has 1 heterocycles. The van der Waals surface area contributed by atoms with Gasteiger partial charge in [-0.05, 0) is 24.0 Å². The Morgan fingerprint density at radius 2 is 1.21 bits per heavy atom. The highest BCUT2D eigenvalue weighted by Crippen LogP contribution is 2.16. The predicted molar refractivity (Wildman–Crippen MR) is 75.3 cm³/mol. The third-order valence-electron chi connectivity index (χ3n) is 3.18. The van der Waals surface area contributed by atoms with Crippen LogP contribution in [0.15, 0.2) is 24.3 Å². The molecule has 0 spiro atoms. The standard InChI is InChI=1S/C13H18O4S2/c14-18(15)7-2-1-3-8-19(16,17)11-13-6-4-5-12(9-13)10-18/h4-6,9H,1-3,7-8,10-11H2. The minimum atomic E-state index is -3.09. The highest BCUT2D eigenvalue weighted by atomic mass is 32.2. The van der Waals surface area contributed by atoms with Crippen LogP contribution in [0.5, 0.6) is 0 Å². The molecule has 1 aromatic carbocycles. The number of benzene rings is 1. The molecule has 6 heteroatoms. The van der Waals surface area contributed by atoms with Crippen molar-refractivity contribution in [2.45, 2.75) is 30.8 Å². The molecule has 106 valence electrons. The van der Waals surface area contributed by atoms with Gasteiger partial charge in [-0.2, -0.15) is 0 Å². The van der Waals surface area contributed by atoms with Crippen molar-refractivity contribution in [2.24, 2.45) is 0 Å². The van der Waals surface area contributed by atoms with E-state index in [4.69, 9.17) is 0 Å². The fraction of sp³-hybridized carbons (Fsp3) is 0.538. The fourth-order valence-electron chi connectivity index (χ4n) is 2.28. The molecule has 0 unspecified atom stereocenters. The van der Waals surface area contributed by atoms with E-state index in [1.807, 2.05) is 0 Å². The van der Waals surface area contributed by atoms with Gasteiger partial charge in [0.05, 0.1) is 23.0 Å². The minimum Gasteiger partial charge on any atom is -0.228 e. The third-order valence-corrected chi connectivity index (χ3v) is 6.54. The van der Waals surface area contributed by atoms with Crippen molar-refractivity contribution in [3.05, 3.63) is 35.4 Å². The van der Waals surface area contributed by atoms with E-state index in [9.17, 15) is 16.8 Å². The maximum absolute atomic E-state index is 11.9. The van der Waals surface area contributed by atoms with Gasteiger partial charge in [0.25, 0.3) is 0 Å².